The average Bonchev–Trinajstić information content (AvgIpc) is 3.16. The van der Waals surface area contributed by atoms with Crippen molar-refractivity contribution in [3.63, 3.8) is 0 Å². The molecule has 0 fully saturated rings. The van der Waals surface area contributed by atoms with Gasteiger partial charge in [-0.15, -0.1) is 0 Å². The number of rotatable bonds is 5. The third-order valence-electron chi connectivity index (χ3n) is 4.05. The number of ether oxygens (including phenoxy) is 1. The third-order valence-corrected chi connectivity index (χ3v) is 4.05. The predicted molar refractivity (Wildman–Crippen MR) is 104 cm³/mol. The first-order chi connectivity index (χ1) is 13.7. The summed E-state index contributed by atoms with van der Waals surface area (Å²) in [6.45, 7) is 0. The Bertz CT molecular complexity index is 1160. The topological polar surface area (TPSA) is 118 Å². The Hall–Kier alpha value is -4.14. The number of nitrogens with zero attached hydrogens (tertiary/aromatic N) is 5. The number of nitrogens with one attached hydrogen (secondary N) is 1. The first-order valence-corrected chi connectivity index (χ1v) is 8.30. The van der Waals surface area contributed by atoms with Crippen LogP contribution in [0.2, 0.25) is 0 Å². The number of benzene rings is 2. The van der Waals surface area contributed by atoms with Gasteiger partial charge in [-0.2, -0.15) is 10.2 Å². The fourth-order valence-electron chi connectivity index (χ4n) is 2.70. The maximum absolute atomic E-state index is 9.74. The molecule has 2 heterocycles. The fourth-order valence-corrected chi connectivity index (χ4v) is 2.70. The lowest BCUT2D eigenvalue weighted by Crippen LogP contribution is -1.99. The van der Waals surface area contributed by atoms with E-state index in [0.29, 0.717) is 22.4 Å². The SMILES string of the molecule is COc1cc(/C=N/Nc2ncnc3c2cnn3-c2ccccc2)cc(O)c1O. The standard InChI is InChI=1S/C19H16N6O3/c1-28-16-8-12(7-15(26)17(16)27)9-22-24-18-14-10-23-25(19(14)21-11-20-18)13-5-3-2-4-6-13/h2-11,26-27H,1H3,(H,20,21,24)/b22-9+. The number of hydrogen-bond donors (Lipinski definition) is 3. The van der Waals surface area contributed by atoms with Crippen LogP contribution in [0.15, 0.2) is 60.1 Å². The van der Waals surface area contributed by atoms with Crippen molar-refractivity contribution in [2.45, 2.75) is 0 Å². The van der Waals surface area contributed by atoms with Crippen molar-refractivity contribution in [3.8, 4) is 22.9 Å². The zero-order valence-electron chi connectivity index (χ0n) is 14.8. The highest BCUT2D eigenvalue weighted by Gasteiger charge is 2.11. The fraction of sp³-hybridized carbons (Fsp3) is 0.0526. The molecule has 0 aliphatic heterocycles. The predicted octanol–water partition coefficient (Wildman–Crippen LogP) is 2.68. The Kier molecular flexibility index (Phi) is 4.47. The van der Waals surface area contributed by atoms with Gasteiger partial charge in [0.1, 0.15) is 6.33 Å². The highest BCUT2D eigenvalue weighted by Crippen LogP contribution is 2.35. The molecule has 2 aromatic heterocycles. The molecule has 0 saturated heterocycles. The van der Waals surface area contributed by atoms with E-state index in [9.17, 15) is 10.2 Å². The molecule has 0 bridgehead atoms. The van der Waals surface area contributed by atoms with Crippen LogP contribution in [0.4, 0.5) is 5.82 Å². The lowest BCUT2D eigenvalue weighted by Gasteiger charge is -2.06. The zero-order chi connectivity index (χ0) is 19.5. The van der Waals surface area contributed by atoms with E-state index in [0.717, 1.165) is 5.69 Å². The minimum absolute atomic E-state index is 0.148. The molecule has 0 aliphatic rings. The van der Waals surface area contributed by atoms with Crippen molar-refractivity contribution in [1.29, 1.82) is 0 Å². The van der Waals surface area contributed by atoms with Crippen molar-refractivity contribution in [2.24, 2.45) is 5.10 Å². The van der Waals surface area contributed by atoms with Gasteiger partial charge in [0.15, 0.2) is 23.0 Å². The number of phenolic OH excluding ortho intramolecular Hbond substituents is 2. The molecule has 9 heteroatoms. The number of para-hydroxylation sites is 1. The smallest absolute Gasteiger partial charge is 0.200 e. The van der Waals surface area contributed by atoms with Crippen molar-refractivity contribution in [2.75, 3.05) is 12.5 Å². The Morgan fingerprint density at radius 1 is 1.14 bits per heavy atom. The highest BCUT2D eigenvalue weighted by atomic mass is 16.5. The maximum atomic E-state index is 9.74. The van der Waals surface area contributed by atoms with Crippen molar-refractivity contribution >= 4 is 23.1 Å². The first kappa shape index (κ1) is 17.3. The van der Waals surface area contributed by atoms with Gasteiger partial charge in [-0.25, -0.2) is 14.6 Å². The van der Waals surface area contributed by atoms with Gasteiger partial charge in [0.05, 0.1) is 30.6 Å². The van der Waals surface area contributed by atoms with E-state index in [-0.39, 0.29) is 17.2 Å². The van der Waals surface area contributed by atoms with Crippen molar-refractivity contribution in [1.82, 2.24) is 19.7 Å². The molecule has 0 unspecified atom stereocenters. The van der Waals surface area contributed by atoms with Crippen molar-refractivity contribution < 1.29 is 14.9 Å². The van der Waals surface area contributed by atoms with Gasteiger partial charge >= 0.3 is 0 Å². The second-order valence-electron chi connectivity index (χ2n) is 5.81. The molecule has 0 saturated carbocycles. The van der Waals surface area contributed by atoms with E-state index in [1.54, 1.807) is 16.9 Å². The Labute approximate surface area is 159 Å². The summed E-state index contributed by atoms with van der Waals surface area (Å²) >= 11 is 0. The molecule has 4 aromatic rings. The third kappa shape index (κ3) is 3.16. The molecule has 0 spiro atoms. The van der Waals surface area contributed by atoms with Gasteiger partial charge in [-0.3, -0.25) is 5.43 Å². The summed E-state index contributed by atoms with van der Waals surface area (Å²) in [6.07, 6.45) is 4.56. The van der Waals surface area contributed by atoms with Crippen LogP contribution in [-0.4, -0.2) is 43.3 Å². The number of aromatic hydroxyl groups is 2. The number of fused-ring (bicyclic) bond motifs is 1. The Morgan fingerprint density at radius 3 is 2.75 bits per heavy atom. The van der Waals surface area contributed by atoms with Crippen LogP contribution in [0, 0.1) is 0 Å². The van der Waals surface area contributed by atoms with Gasteiger partial charge in [-0.05, 0) is 24.3 Å². The van der Waals surface area contributed by atoms with E-state index in [1.165, 1.54) is 25.7 Å². The monoisotopic (exact) mass is 376 g/mol. The van der Waals surface area contributed by atoms with Gasteiger partial charge in [0, 0.05) is 5.56 Å². The van der Waals surface area contributed by atoms with Crippen LogP contribution >= 0.6 is 0 Å². The minimum Gasteiger partial charge on any atom is -0.504 e. The normalized spacial score (nSPS) is 11.2. The summed E-state index contributed by atoms with van der Waals surface area (Å²) in [5.41, 5.74) is 4.91. The summed E-state index contributed by atoms with van der Waals surface area (Å²) in [5.74, 6) is 0.0150. The quantitative estimate of drug-likeness (QED) is 0.278. The first-order valence-electron chi connectivity index (χ1n) is 8.30. The van der Waals surface area contributed by atoms with Crippen LogP contribution < -0.4 is 10.2 Å². The molecule has 9 nitrogen and oxygen atoms in total. The van der Waals surface area contributed by atoms with Gasteiger partial charge < -0.3 is 14.9 Å². The molecule has 28 heavy (non-hydrogen) atoms. The molecule has 0 atom stereocenters. The van der Waals surface area contributed by atoms with Gasteiger partial charge in [0.25, 0.3) is 0 Å². The molecule has 0 radical (unpaired) electrons. The molecular weight excluding hydrogens is 360 g/mol. The largest absolute Gasteiger partial charge is 0.504 e. The number of methoxy groups -OCH3 is 1. The van der Waals surface area contributed by atoms with Crippen LogP contribution in [0.25, 0.3) is 16.7 Å². The Balaban J connectivity index is 1.62. The van der Waals surface area contributed by atoms with Gasteiger partial charge in [0.2, 0.25) is 5.75 Å². The van der Waals surface area contributed by atoms with E-state index in [4.69, 9.17) is 4.74 Å². The molecule has 3 N–H and O–H groups in total. The van der Waals surface area contributed by atoms with E-state index >= 15 is 0 Å². The van der Waals surface area contributed by atoms with E-state index < -0.39 is 0 Å². The van der Waals surface area contributed by atoms with E-state index in [1.807, 2.05) is 30.3 Å². The second-order valence-corrected chi connectivity index (χ2v) is 5.81. The summed E-state index contributed by atoms with van der Waals surface area (Å²) < 4.78 is 6.73. The lowest BCUT2D eigenvalue weighted by atomic mass is 10.2. The van der Waals surface area contributed by atoms with Crippen LogP contribution in [0.3, 0.4) is 0 Å². The number of hydrazone groups is 1. The number of aromatic nitrogens is 4. The number of phenols is 2. The van der Waals surface area contributed by atoms with E-state index in [2.05, 4.69) is 25.6 Å². The van der Waals surface area contributed by atoms with Gasteiger partial charge in [-0.1, -0.05) is 18.2 Å². The van der Waals surface area contributed by atoms with Crippen molar-refractivity contribution in [3.05, 3.63) is 60.6 Å². The molecule has 2 aromatic carbocycles. The molecule has 0 aliphatic carbocycles. The summed E-state index contributed by atoms with van der Waals surface area (Å²) in [4.78, 5) is 8.52. The lowest BCUT2D eigenvalue weighted by molar-refractivity contribution is 0.351. The molecule has 140 valence electrons. The minimum atomic E-state index is -0.321. The maximum Gasteiger partial charge on any atom is 0.200 e. The van der Waals surface area contributed by atoms with Crippen LogP contribution in [0.5, 0.6) is 17.2 Å². The number of hydrogen-bond acceptors (Lipinski definition) is 8. The second kappa shape index (κ2) is 7.23. The summed E-state index contributed by atoms with van der Waals surface area (Å²) in [7, 11) is 1.40. The highest BCUT2D eigenvalue weighted by molar-refractivity contribution is 5.88. The summed E-state index contributed by atoms with van der Waals surface area (Å²) in [5, 5.41) is 28.6. The Morgan fingerprint density at radius 2 is 1.96 bits per heavy atom. The average molecular weight is 376 g/mol. The molecule has 4 rings (SSSR count). The molecule has 0 amide bonds. The van der Waals surface area contributed by atoms with Crippen LogP contribution in [0.1, 0.15) is 5.56 Å². The molecular formula is C19H16N6O3. The van der Waals surface area contributed by atoms with Crippen LogP contribution in [-0.2, 0) is 0 Å². The zero-order valence-corrected chi connectivity index (χ0v) is 14.8. The summed E-state index contributed by atoms with van der Waals surface area (Å²) in [6, 6.07) is 12.6. The number of anilines is 1.